The first kappa shape index (κ1) is 15.2. The van der Waals surface area contributed by atoms with Crippen molar-refractivity contribution in [1.29, 1.82) is 0 Å². The van der Waals surface area contributed by atoms with Crippen LogP contribution in [0.5, 0.6) is 0 Å². The molecule has 0 saturated carbocycles. The summed E-state index contributed by atoms with van der Waals surface area (Å²) in [7, 11) is 1.33. The molecular formula is C15H16N2O3S. The van der Waals surface area contributed by atoms with Gasteiger partial charge < -0.3 is 10.1 Å². The van der Waals surface area contributed by atoms with Crippen LogP contribution in [-0.4, -0.2) is 24.0 Å². The molecule has 6 heteroatoms. The van der Waals surface area contributed by atoms with Crippen molar-refractivity contribution < 1.29 is 14.3 Å². The third-order valence-electron chi connectivity index (χ3n) is 2.85. The summed E-state index contributed by atoms with van der Waals surface area (Å²) >= 11 is 1.40. The minimum Gasteiger partial charge on any atom is -0.465 e. The van der Waals surface area contributed by atoms with E-state index in [9.17, 15) is 9.59 Å². The predicted molar refractivity (Wildman–Crippen MR) is 81.8 cm³/mol. The van der Waals surface area contributed by atoms with Crippen molar-refractivity contribution >= 4 is 28.2 Å². The smallest absolute Gasteiger partial charge is 0.340 e. The molecule has 2 heterocycles. The van der Waals surface area contributed by atoms with E-state index in [1.807, 2.05) is 0 Å². The number of carbonyl (C=O) groups excluding carboxylic acids is 2. The molecule has 0 aliphatic rings. The van der Waals surface area contributed by atoms with Gasteiger partial charge in [0.25, 0.3) is 5.91 Å². The second-order valence-corrected chi connectivity index (χ2v) is 5.52. The summed E-state index contributed by atoms with van der Waals surface area (Å²) in [5, 5.41) is 3.29. The number of aromatic nitrogens is 1. The van der Waals surface area contributed by atoms with Crippen LogP contribution in [0, 0.1) is 0 Å². The number of hydrogen-bond acceptors (Lipinski definition) is 5. The Morgan fingerprint density at radius 1 is 1.33 bits per heavy atom. The largest absolute Gasteiger partial charge is 0.465 e. The van der Waals surface area contributed by atoms with Crippen LogP contribution >= 0.6 is 11.3 Å². The molecule has 0 aliphatic carbocycles. The number of ether oxygens (including phenoxy) is 1. The average Bonchev–Trinajstić information content (AvgIpc) is 2.90. The number of nitrogens with zero attached hydrogens (tertiary/aromatic N) is 1. The van der Waals surface area contributed by atoms with Crippen LogP contribution in [-0.2, 0) is 11.2 Å². The fraction of sp³-hybridized carbons (Fsp3) is 0.267. The number of hydrogen-bond donors (Lipinski definition) is 1. The molecular weight excluding hydrogens is 288 g/mol. The lowest BCUT2D eigenvalue weighted by Crippen LogP contribution is -2.13. The molecule has 0 fully saturated rings. The standard InChI is InChI=1S/C15H16N2O3S/c1-3-4-11-9-12(15(19)20-2)14(21-11)17-13(18)10-5-7-16-8-6-10/h5-9H,3-4H2,1-2H3,(H,17,18). The first-order valence-corrected chi connectivity index (χ1v) is 7.39. The Hall–Kier alpha value is -2.21. The molecule has 1 amide bonds. The van der Waals surface area contributed by atoms with Crippen molar-refractivity contribution in [2.45, 2.75) is 19.8 Å². The highest BCUT2D eigenvalue weighted by molar-refractivity contribution is 7.16. The lowest BCUT2D eigenvalue weighted by Gasteiger charge is -2.04. The molecule has 0 aromatic carbocycles. The maximum atomic E-state index is 12.2. The number of rotatable bonds is 5. The molecule has 1 N–H and O–H groups in total. The van der Waals surface area contributed by atoms with Crippen LogP contribution in [0.1, 0.15) is 38.9 Å². The minimum absolute atomic E-state index is 0.271. The minimum atomic E-state index is -0.446. The second-order valence-electron chi connectivity index (χ2n) is 4.39. The van der Waals surface area contributed by atoms with E-state index in [4.69, 9.17) is 4.74 Å². The SMILES string of the molecule is CCCc1cc(C(=O)OC)c(NC(=O)c2ccncc2)s1. The lowest BCUT2D eigenvalue weighted by atomic mass is 10.2. The van der Waals surface area contributed by atoms with Gasteiger partial charge in [-0.3, -0.25) is 9.78 Å². The highest BCUT2D eigenvalue weighted by Crippen LogP contribution is 2.30. The molecule has 0 spiro atoms. The number of thiophene rings is 1. The quantitative estimate of drug-likeness (QED) is 0.862. The molecule has 2 aromatic rings. The number of amides is 1. The van der Waals surface area contributed by atoms with Gasteiger partial charge in [-0.1, -0.05) is 13.3 Å². The summed E-state index contributed by atoms with van der Waals surface area (Å²) in [5.41, 5.74) is 0.889. The number of carbonyl (C=O) groups is 2. The van der Waals surface area contributed by atoms with Crippen LogP contribution in [0.15, 0.2) is 30.6 Å². The van der Waals surface area contributed by atoms with Crippen molar-refractivity contribution in [2.24, 2.45) is 0 Å². The van der Waals surface area contributed by atoms with E-state index < -0.39 is 5.97 Å². The van der Waals surface area contributed by atoms with E-state index in [1.165, 1.54) is 18.4 Å². The fourth-order valence-electron chi connectivity index (χ4n) is 1.84. The van der Waals surface area contributed by atoms with E-state index in [0.29, 0.717) is 16.1 Å². The van der Waals surface area contributed by atoms with Gasteiger partial charge in [-0.15, -0.1) is 11.3 Å². The van der Waals surface area contributed by atoms with Crippen molar-refractivity contribution in [1.82, 2.24) is 4.98 Å². The number of nitrogens with one attached hydrogen (secondary N) is 1. The van der Waals surface area contributed by atoms with E-state index in [-0.39, 0.29) is 5.91 Å². The number of anilines is 1. The van der Waals surface area contributed by atoms with Crippen molar-refractivity contribution in [2.75, 3.05) is 12.4 Å². The zero-order valence-corrected chi connectivity index (χ0v) is 12.7. The van der Waals surface area contributed by atoms with Crippen LogP contribution in [0.3, 0.4) is 0 Å². The Morgan fingerprint density at radius 2 is 2.05 bits per heavy atom. The average molecular weight is 304 g/mol. The number of methoxy groups -OCH3 is 1. The molecule has 2 aromatic heterocycles. The monoisotopic (exact) mass is 304 g/mol. The zero-order chi connectivity index (χ0) is 15.2. The van der Waals surface area contributed by atoms with E-state index in [2.05, 4.69) is 17.2 Å². The lowest BCUT2D eigenvalue weighted by molar-refractivity contribution is 0.0602. The summed E-state index contributed by atoms with van der Waals surface area (Å²) in [6, 6.07) is 5.02. The topological polar surface area (TPSA) is 68.3 Å². The maximum Gasteiger partial charge on any atom is 0.340 e. The second kappa shape index (κ2) is 6.99. The van der Waals surface area contributed by atoms with E-state index in [1.54, 1.807) is 30.6 Å². The van der Waals surface area contributed by atoms with Gasteiger partial charge in [0.1, 0.15) is 5.00 Å². The Kier molecular flexibility index (Phi) is 5.05. The van der Waals surface area contributed by atoms with Gasteiger partial charge >= 0.3 is 5.97 Å². The summed E-state index contributed by atoms with van der Waals surface area (Å²) in [5.74, 6) is -0.717. The Bertz CT molecular complexity index is 638. The normalized spacial score (nSPS) is 10.2. The highest BCUT2D eigenvalue weighted by Gasteiger charge is 2.18. The number of aryl methyl sites for hydroxylation is 1. The molecule has 0 unspecified atom stereocenters. The van der Waals surface area contributed by atoms with Crippen molar-refractivity contribution in [3.05, 3.63) is 46.6 Å². The molecule has 0 atom stereocenters. The third-order valence-corrected chi connectivity index (χ3v) is 3.96. The van der Waals surface area contributed by atoms with Gasteiger partial charge in [-0.25, -0.2) is 4.79 Å². The van der Waals surface area contributed by atoms with Crippen LogP contribution in [0.25, 0.3) is 0 Å². The molecule has 5 nitrogen and oxygen atoms in total. The zero-order valence-electron chi connectivity index (χ0n) is 11.9. The van der Waals surface area contributed by atoms with Gasteiger partial charge in [0.05, 0.1) is 12.7 Å². The Morgan fingerprint density at radius 3 is 2.67 bits per heavy atom. The Balaban J connectivity index is 2.25. The summed E-state index contributed by atoms with van der Waals surface area (Å²) in [4.78, 5) is 28.9. The van der Waals surface area contributed by atoms with Gasteiger partial charge in [0.2, 0.25) is 0 Å². The molecule has 21 heavy (non-hydrogen) atoms. The number of esters is 1. The van der Waals surface area contributed by atoms with Gasteiger partial charge in [-0.2, -0.15) is 0 Å². The van der Waals surface area contributed by atoms with Crippen LogP contribution < -0.4 is 5.32 Å². The van der Waals surface area contributed by atoms with Gasteiger partial charge in [-0.05, 0) is 24.6 Å². The van der Waals surface area contributed by atoms with Crippen LogP contribution in [0.2, 0.25) is 0 Å². The first-order valence-electron chi connectivity index (χ1n) is 6.58. The third kappa shape index (κ3) is 3.66. The molecule has 110 valence electrons. The van der Waals surface area contributed by atoms with E-state index >= 15 is 0 Å². The molecule has 0 saturated heterocycles. The fourth-order valence-corrected chi connectivity index (χ4v) is 2.99. The molecule has 2 rings (SSSR count). The molecule has 0 aliphatic heterocycles. The molecule has 0 bridgehead atoms. The predicted octanol–water partition coefficient (Wildman–Crippen LogP) is 3.13. The summed E-state index contributed by atoms with van der Waals surface area (Å²) < 4.78 is 4.76. The van der Waals surface area contributed by atoms with Crippen molar-refractivity contribution in [3.8, 4) is 0 Å². The van der Waals surface area contributed by atoms with Crippen LogP contribution in [0.4, 0.5) is 5.00 Å². The number of pyridine rings is 1. The maximum absolute atomic E-state index is 12.2. The molecule has 0 radical (unpaired) electrons. The van der Waals surface area contributed by atoms with Gasteiger partial charge in [0.15, 0.2) is 0 Å². The summed E-state index contributed by atoms with van der Waals surface area (Å²) in [6.07, 6.45) is 4.93. The van der Waals surface area contributed by atoms with E-state index in [0.717, 1.165) is 17.7 Å². The van der Waals surface area contributed by atoms with Crippen molar-refractivity contribution in [3.63, 3.8) is 0 Å². The Labute approximate surface area is 127 Å². The summed E-state index contributed by atoms with van der Waals surface area (Å²) in [6.45, 7) is 2.06. The highest BCUT2D eigenvalue weighted by atomic mass is 32.1. The van der Waals surface area contributed by atoms with Gasteiger partial charge in [0, 0.05) is 22.8 Å². The first-order chi connectivity index (χ1) is 10.2.